The number of alkyl halides is 3. The monoisotopic (exact) mass is 632 g/mol. The van der Waals surface area contributed by atoms with E-state index in [9.17, 15) is 23.1 Å². The second-order valence-corrected chi connectivity index (χ2v) is 18.0. The van der Waals surface area contributed by atoms with Crippen LogP contribution >= 0.6 is 11.6 Å². The minimum absolute atomic E-state index is 0.181. The predicted molar refractivity (Wildman–Crippen MR) is 164 cm³/mol. The normalized spacial score (nSPS) is 15.8. The number of pyridine rings is 1. The molecule has 3 aromatic rings. The van der Waals surface area contributed by atoms with Crippen LogP contribution in [0.15, 0.2) is 42.5 Å². The summed E-state index contributed by atoms with van der Waals surface area (Å²) in [6.45, 7) is 12.2. The predicted octanol–water partition coefficient (Wildman–Crippen LogP) is 7.44. The van der Waals surface area contributed by atoms with Gasteiger partial charge in [0.05, 0.1) is 23.2 Å². The van der Waals surface area contributed by atoms with Gasteiger partial charge in [0.2, 0.25) is 5.88 Å². The number of ether oxygens (including phenoxy) is 2. The molecule has 0 aliphatic carbocycles. The SMILES string of the molecule is COc1nc2ccc(C(O)(C#C[Si](C)(C)C)C3CN(C(=O)OC(C)(C)C)C3)cc2c(Cl)c1Cc1ccc(C(F)(F)F)cc1. The zero-order valence-corrected chi connectivity index (χ0v) is 27.1. The van der Waals surface area contributed by atoms with E-state index in [4.69, 9.17) is 21.1 Å². The first kappa shape index (κ1) is 32.6. The Bertz CT molecular complexity index is 1580. The van der Waals surface area contributed by atoms with E-state index in [1.54, 1.807) is 43.9 Å². The highest BCUT2D eigenvalue weighted by molar-refractivity contribution is 6.83. The number of amides is 1. The van der Waals surface area contributed by atoms with Crippen molar-refractivity contribution in [1.82, 2.24) is 9.88 Å². The lowest BCUT2D eigenvalue weighted by Crippen LogP contribution is -2.58. The van der Waals surface area contributed by atoms with Crippen LogP contribution in [0.5, 0.6) is 5.88 Å². The van der Waals surface area contributed by atoms with Crippen LogP contribution < -0.4 is 4.74 Å². The first-order chi connectivity index (χ1) is 19.8. The van der Waals surface area contributed by atoms with Crippen LogP contribution in [0.25, 0.3) is 10.9 Å². The highest BCUT2D eigenvalue weighted by atomic mass is 35.5. The molecule has 1 fully saturated rings. The fourth-order valence-corrected chi connectivity index (χ4v) is 5.59. The number of carbonyl (C=O) groups excluding carboxylic acids is 1. The lowest BCUT2D eigenvalue weighted by molar-refractivity contribution is -0.137. The van der Waals surface area contributed by atoms with Gasteiger partial charge in [-0.3, -0.25) is 0 Å². The fourth-order valence-electron chi connectivity index (χ4n) is 4.73. The van der Waals surface area contributed by atoms with Gasteiger partial charge in [-0.15, -0.1) is 5.54 Å². The zero-order valence-electron chi connectivity index (χ0n) is 25.3. The molecule has 0 bridgehead atoms. The topological polar surface area (TPSA) is 71.9 Å². The standard InChI is InChI=1S/C32H36ClF3N2O4Si/c1-30(2,3)42-29(39)38-18-23(19-38)31(40,14-15-43(5,6)7)22-12-13-26-24(17-22)27(33)25(28(37-26)41-4)16-20-8-10-21(11-9-20)32(34,35)36/h8-13,17,23,40H,16,18-19H2,1-7H3. The van der Waals surface area contributed by atoms with Crippen molar-refractivity contribution in [1.29, 1.82) is 0 Å². The van der Waals surface area contributed by atoms with Crippen molar-refractivity contribution in [3.63, 3.8) is 0 Å². The Labute approximate surface area is 256 Å². The number of halogens is 4. The maximum Gasteiger partial charge on any atom is 0.416 e. The van der Waals surface area contributed by atoms with Gasteiger partial charge < -0.3 is 19.5 Å². The molecular formula is C32H36ClF3N2O4Si. The van der Waals surface area contributed by atoms with Gasteiger partial charge in [0.15, 0.2) is 5.60 Å². The lowest BCUT2D eigenvalue weighted by atomic mass is 9.77. The van der Waals surface area contributed by atoms with Gasteiger partial charge in [0.25, 0.3) is 0 Å². The first-order valence-electron chi connectivity index (χ1n) is 13.9. The summed E-state index contributed by atoms with van der Waals surface area (Å²) in [7, 11) is -0.451. The van der Waals surface area contributed by atoms with Crippen LogP contribution in [0.3, 0.4) is 0 Å². The lowest BCUT2D eigenvalue weighted by Gasteiger charge is -2.46. The molecule has 6 nitrogen and oxygen atoms in total. The van der Waals surface area contributed by atoms with Crippen molar-refractivity contribution in [3.8, 4) is 17.3 Å². The molecule has 2 heterocycles. The summed E-state index contributed by atoms with van der Waals surface area (Å²) in [6.07, 6.45) is -4.70. The smallest absolute Gasteiger partial charge is 0.416 e. The van der Waals surface area contributed by atoms with Crippen molar-refractivity contribution in [2.24, 2.45) is 5.92 Å². The number of hydrogen-bond donors (Lipinski definition) is 1. The average molecular weight is 633 g/mol. The molecule has 1 amide bonds. The highest BCUT2D eigenvalue weighted by Crippen LogP contribution is 2.40. The number of nitrogens with zero attached hydrogens (tertiary/aromatic N) is 2. The van der Waals surface area contributed by atoms with Crippen molar-refractivity contribution in [2.45, 2.75) is 64.2 Å². The molecule has 4 rings (SSSR count). The van der Waals surface area contributed by atoms with Gasteiger partial charge in [-0.25, -0.2) is 9.78 Å². The second kappa shape index (κ2) is 11.7. The number of carbonyl (C=O) groups is 1. The molecule has 2 aromatic carbocycles. The van der Waals surface area contributed by atoms with E-state index >= 15 is 0 Å². The zero-order chi connectivity index (χ0) is 32.0. The molecule has 0 radical (unpaired) electrons. The van der Waals surface area contributed by atoms with Crippen molar-refractivity contribution >= 4 is 36.7 Å². The molecule has 1 atom stereocenters. The number of benzene rings is 2. The average Bonchev–Trinajstić information content (AvgIpc) is 2.86. The number of methoxy groups -OCH3 is 1. The van der Waals surface area contributed by atoms with Gasteiger partial charge in [-0.05, 0) is 56.2 Å². The molecule has 1 saturated heterocycles. The van der Waals surface area contributed by atoms with Gasteiger partial charge in [-0.1, -0.05) is 55.4 Å². The van der Waals surface area contributed by atoms with Gasteiger partial charge >= 0.3 is 12.3 Å². The Kier molecular flexibility index (Phi) is 8.86. The third-order valence-electron chi connectivity index (χ3n) is 7.03. The molecule has 1 unspecified atom stereocenters. The molecule has 11 heteroatoms. The van der Waals surface area contributed by atoms with Crippen LogP contribution in [-0.2, 0) is 22.9 Å². The van der Waals surface area contributed by atoms with E-state index in [1.807, 2.05) is 0 Å². The molecule has 0 saturated carbocycles. The molecule has 0 spiro atoms. The second-order valence-electron chi connectivity index (χ2n) is 12.9. The summed E-state index contributed by atoms with van der Waals surface area (Å²) in [4.78, 5) is 18.7. The van der Waals surface area contributed by atoms with E-state index in [2.05, 4.69) is 36.1 Å². The Morgan fingerprint density at radius 2 is 1.70 bits per heavy atom. The van der Waals surface area contributed by atoms with Crippen LogP contribution in [0.2, 0.25) is 24.7 Å². The minimum Gasteiger partial charge on any atom is -0.481 e. The molecule has 43 heavy (non-hydrogen) atoms. The molecule has 1 aliphatic rings. The maximum atomic E-state index is 13.1. The number of fused-ring (bicyclic) bond motifs is 1. The van der Waals surface area contributed by atoms with Crippen molar-refractivity contribution in [2.75, 3.05) is 20.2 Å². The summed E-state index contributed by atoms with van der Waals surface area (Å²) in [5.74, 6) is 3.03. The third kappa shape index (κ3) is 7.46. The van der Waals surface area contributed by atoms with Crippen LogP contribution in [0, 0.1) is 17.4 Å². The first-order valence-corrected chi connectivity index (χ1v) is 17.8. The van der Waals surface area contributed by atoms with E-state index in [0.717, 1.165) is 12.1 Å². The summed E-state index contributed by atoms with van der Waals surface area (Å²) in [6, 6.07) is 10.1. The third-order valence-corrected chi connectivity index (χ3v) is 8.33. The Morgan fingerprint density at radius 1 is 1.09 bits per heavy atom. The number of aromatic nitrogens is 1. The molecule has 230 valence electrons. The summed E-state index contributed by atoms with van der Waals surface area (Å²) >= 11 is 6.92. The summed E-state index contributed by atoms with van der Waals surface area (Å²) in [5.41, 5.74) is 2.46. The molecule has 1 aromatic heterocycles. The quantitative estimate of drug-likeness (QED) is 0.234. The fraction of sp³-hybridized carbons (Fsp3) is 0.438. The van der Waals surface area contributed by atoms with Crippen LogP contribution in [-0.4, -0.2) is 55.0 Å². The Morgan fingerprint density at radius 3 is 2.23 bits per heavy atom. The largest absolute Gasteiger partial charge is 0.481 e. The number of aliphatic hydroxyl groups is 1. The minimum atomic E-state index is -4.44. The number of hydrogen-bond acceptors (Lipinski definition) is 5. The van der Waals surface area contributed by atoms with Crippen molar-refractivity contribution in [3.05, 3.63) is 69.7 Å². The van der Waals surface area contributed by atoms with Crippen molar-refractivity contribution < 1.29 is 32.5 Å². The highest BCUT2D eigenvalue weighted by Gasteiger charge is 2.47. The number of rotatable bonds is 5. The van der Waals surface area contributed by atoms with Gasteiger partial charge in [-0.2, -0.15) is 13.2 Å². The number of likely N-dealkylation sites (tertiary alicyclic amines) is 1. The summed E-state index contributed by atoms with van der Waals surface area (Å²) < 4.78 is 50.2. The van der Waals surface area contributed by atoms with E-state index in [0.29, 0.717) is 32.6 Å². The molecule has 1 N–H and O–H groups in total. The van der Waals surface area contributed by atoms with Gasteiger partial charge in [0, 0.05) is 36.4 Å². The van der Waals surface area contributed by atoms with Gasteiger partial charge in [0.1, 0.15) is 13.7 Å². The van der Waals surface area contributed by atoms with E-state index in [-0.39, 0.29) is 31.3 Å². The van der Waals surface area contributed by atoms with Crippen LogP contribution in [0.1, 0.15) is 43.0 Å². The summed E-state index contributed by atoms with van der Waals surface area (Å²) in [5, 5.41) is 13.0. The van der Waals surface area contributed by atoms with Crippen LogP contribution in [0.4, 0.5) is 18.0 Å². The van der Waals surface area contributed by atoms with E-state index in [1.165, 1.54) is 19.2 Å². The Hall–Kier alpha value is -3.26. The Balaban J connectivity index is 1.73. The molecular weight excluding hydrogens is 597 g/mol. The molecule has 1 aliphatic heterocycles. The maximum absolute atomic E-state index is 13.1. The van der Waals surface area contributed by atoms with E-state index < -0.39 is 37.1 Å².